The molecule has 0 spiro atoms. The molecule has 0 aromatic heterocycles. The molecule has 0 saturated carbocycles. The summed E-state index contributed by atoms with van der Waals surface area (Å²) < 4.78 is 0. The Morgan fingerprint density at radius 1 is 1.32 bits per heavy atom. The number of carbonyl (C=O) groups excluding carboxylic acids is 1. The van der Waals surface area contributed by atoms with Gasteiger partial charge in [0.1, 0.15) is 6.54 Å². The molecule has 1 atom stereocenters. The first-order chi connectivity index (χ1) is 12.0. The van der Waals surface area contributed by atoms with Crippen molar-refractivity contribution in [2.45, 2.75) is 32.7 Å². The number of carbonyl (C=O) groups is 1. The monoisotopic (exact) mass is 345 g/mol. The van der Waals surface area contributed by atoms with Crippen LogP contribution in [-0.4, -0.2) is 57.0 Å². The lowest BCUT2D eigenvalue weighted by atomic mass is 10.1. The SMILES string of the molecule is CCNC(=NCC(=O)N(C)C)NC(C)c1cccc(N2CCCC2)c1. The van der Waals surface area contributed by atoms with Crippen molar-refractivity contribution in [2.75, 3.05) is 45.2 Å². The maximum atomic E-state index is 11.8. The molecule has 1 aliphatic rings. The van der Waals surface area contributed by atoms with E-state index in [1.165, 1.54) is 24.1 Å². The largest absolute Gasteiger partial charge is 0.372 e. The highest BCUT2D eigenvalue weighted by molar-refractivity contribution is 5.85. The second kappa shape index (κ2) is 9.30. The van der Waals surface area contributed by atoms with Gasteiger partial charge < -0.3 is 20.4 Å². The molecule has 0 radical (unpaired) electrons. The van der Waals surface area contributed by atoms with E-state index in [0.717, 1.165) is 19.6 Å². The van der Waals surface area contributed by atoms with Gasteiger partial charge in [-0.25, -0.2) is 4.99 Å². The molecule has 1 unspecified atom stereocenters. The Hall–Kier alpha value is -2.24. The smallest absolute Gasteiger partial charge is 0.243 e. The summed E-state index contributed by atoms with van der Waals surface area (Å²) in [6, 6.07) is 8.77. The molecule has 1 heterocycles. The lowest BCUT2D eigenvalue weighted by molar-refractivity contribution is -0.127. The number of amides is 1. The van der Waals surface area contributed by atoms with E-state index in [4.69, 9.17) is 0 Å². The van der Waals surface area contributed by atoms with Crippen molar-refractivity contribution in [2.24, 2.45) is 4.99 Å². The summed E-state index contributed by atoms with van der Waals surface area (Å²) in [5.74, 6) is 0.651. The topological polar surface area (TPSA) is 60.0 Å². The number of guanidine groups is 1. The third-order valence-corrected chi connectivity index (χ3v) is 4.41. The Morgan fingerprint density at radius 3 is 2.68 bits per heavy atom. The van der Waals surface area contributed by atoms with Gasteiger partial charge in [0.15, 0.2) is 5.96 Å². The fourth-order valence-electron chi connectivity index (χ4n) is 2.86. The van der Waals surface area contributed by atoms with Gasteiger partial charge in [-0.3, -0.25) is 4.79 Å². The van der Waals surface area contributed by atoms with Crippen LogP contribution in [0.2, 0.25) is 0 Å². The van der Waals surface area contributed by atoms with Gasteiger partial charge in [0.25, 0.3) is 0 Å². The van der Waals surface area contributed by atoms with Gasteiger partial charge in [0.05, 0.1) is 6.04 Å². The van der Waals surface area contributed by atoms with Crippen LogP contribution in [0.5, 0.6) is 0 Å². The molecule has 0 aliphatic carbocycles. The zero-order valence-electron chi connectivity index (χ0n) is 15.9. The maximum absolute atomic E-state index is 11.8. The van der Waals surface area contributed by atoms with Crippen LogP contribution in [0, 0.1) is 0 Å². The minimum absolute atomic E-state index is 0.0131. The normalized spacial score (nSPS) is 15.8. The van der Waals surface area contributed by atoms with Crippen molar-refractivity contribution >= 4 is 17.6 Å². The second-order valence-electron chi connectivity index (χ2n) is 6.64. The summed E-state index contributed by atoms with van der Waals surface area (Å²) in [5.41, 5.74) is 2.50. The molecule has 2 N–H and O–H groups in total. The molecule has 6 nitrogen and oxygen atoms in total. The molecule has 0 bridgehead atoms. The zero-order valence-corrected chi connectivity index (χ0v) is 15.9. The van der Waals surface area contributed by atoms with Gasteiger partial charge in [-0.15, -0.1) is 0 Å². The first-order valence-electron chi connectivity index (χ1n) is 9.11. The van der Waals surface area contributed by atoms with Crippen molar-refractivity contribution in [1.82, 2.24) is 15.5 Å². The average Bonchev–Trinajstić information content (AvgIpc) is 3.14. The Balaban J connectivity index is 2.04. The highest BCUT2D eigenvalue weighted by Gasteiger charge is 2.14. The second-order valence-corrected chi connectivity index (χ2v) is 6.64. The first kappa shape index (κ1) is 19.1. The molecule has 1 aromatic rings. The molecule has 138 valence electrons. The predicted molar refractivity (Wildman–Crippen MR) is 104 cm³/mol. The van der Waals surface area contributed by atoms with Crippen LogP contribution in [0.25, 0.3) is 0 Å². The van der Waals surface area contributed by atoms with Crippen LogP contribution < -0.4 is 15.5 Å². The van der Waals surface area contributed by atoms with E-state index in [9.17, 15) is 4.79 Å². The number of hydrogen-bond acceptors (Lipinski definition) is 3. The molecule has 1 aliphatic heterocycles. The van der Waals surface area contributed by atoms with Crippen LogP contribution in [0.15, 0.2) is 29.3 Å². The first-order valence-corrected chi connectivity index (χ1v) is 9.11. The fourth-order valence-corrected chi connectivity index (χ4v) is 2.86. The lowest BCUT2D eigenvalue weighted by Crippen LogP contribution is -2.39. The number of likely N-dealkylation sites (N-methyl/N-ethyl adjacent to an activating group) is 1. The fraction of sp³-hybridized carbons (Fsp3) is 0.579. The van der Waals surface area contributed by atoms with Gasteiger partial charge in [0, 0.05) is 39.4 Å². The highest BCUT2D eigenvalue weighted by Crippen LogP contribution is 2.23. The Labute approximate surface area is 151 Å². The van der Waals surface area contributed by atoms with Crippen molar-refractivity contribution in [3.8, 4) is 0 Å². The number of anilines is 1. The maximum Gasteiger partial charge on any atom is 0.243 e. The van der Waals surface area contributed by atoms with E-state index >= 15 is 0 Å². The number of benzene rings is 1. The third-order valence-electron chi connectivity index (χ3n) is 4.41. The Kier molecular flexibility index (Phi) is 7.10. The minimum Gasteiger partial charge on any atom is -0.372 e. The number of nitrogens with one attached hydrogen (secondary N) is 2. The quantitative estimate of drug-likeness (QED) is 0.611. The van der Waals surface area contributed by atoms with Crippen LogP contribution in [0.3, 0.4) is 0 Å². The molecule has 2 rings (SSSR count). The van der Waals surface area contributed by atoms with Crippen LogP contribution in [0.4, 0.5) is 5.69 Å². The molecule has 1 amide bonds. The average molecular weight is 345 g/mol. The van der Waals surface area contributed by atoms with Gasteiger partial charge in [-0.05, 0) is 44.4 Å². The molecule has 25 heavy (non-hydrogen) atoms. The van der Waals surface area contributed by atoms with Crippen LogP contribution in [0.1, 0.15) is 38.3 Å². The Bertz CT molecular complexity index is 593. The van der Waals surface area contributed by atoms with Crippen molar-refractivity contribution in [1.29, 1.82) is 0 Å². The van der Waals surface area contributed by atoms with Crippen molar-refractivity contribution < 1.29 is 4.79 Å². The highest BCUT2D eigenvalue weighted by atomic mass is 16.2. The minimum atomic E-state index is -0.0131. The molecule has 1 saturated heterocycles. The summed E-state index contributed by atoms with van der Waals surface area (Å²) in [6.07, 6.45) is 2.55. The van der Waals surface area contributed by atoms with Crippen molar-refractivity contribution in [3.05, 3.63) is 29.8 Å². The number of hydrogen-bond donors (Lipinski definition) is 2. The van der Waals surface area contributed by atoms with Gasteiger partial charge in [-0.1, -0.05) is 12.1 Å². The molecular weight excluding hydrogens is 314 g/mol. The molecule has 1 aromatic carbocycles. The van der Waals surface area contributed by atoms with Crippen molar-refractivity contribution in [3.63, 3.8) is 0 Å². The Morgan fingerprint density at radius 2 is 2.04 bits per heavy atom. The summed E-state index contributed by atoms with van der Waals surface area (Å²) in [4.78, 5) is 20.1. The lowest BCUT2D eigenvalue weighted by Gasteiger charge is -2.22. The van der Waals surface area contributed by atoms with E-state index in [1.54, 1.807) is 19.0 Å². The number of nitrogens with zero attached hydrogens (tertiary/aromatic N) is 3. The van der Waals surface area contributed by atoms with Gasteiger partial charge in [-0.2, -0.15) is 0 Å². The van der Waals surface area contributed by atoms with Gasteiger partial charge >= 0.3 is 0 Å². The molecule has 6 heteroatoms. The molecular formula is C19H31N5O. The van der Waals surface area contributed by atoms with Gasteiger partial charge in [0.2, 0.25) is 5.91 Å². The van der Waals surface area contributed by atoms with Crippen LogP contribution in [-0.2, 0) is 4.79 Å². The van der Waals surface area contributed by atoms with E-state index in [2.05, 4.69) is 51.7 Å². The zero-order chi connectivity index (χ0) is 18.2. The third kappa shape index (κ3) is 5.66. The standard InChI is InChI=1S/C19H31N5O/c1-5-20-19(21-14-18(25)23(3)4)22-15(2)16-9-8-10-17(13-16)24-11-6-7-12-24/h8-10,13,15H,5-7,11-12,14H2,1-4H3,(H2,20,21,22). The predicted octanol–water partition coefficient (Wildman–Crippen LogP) is 1.99. The number of aliphatic imine (C=N–C) groups is 1. The summed E-state index contributed by atoms with van der Waals surface area (Å²) in [5, 5.41) is 6.60. The summed E-state index contributed by atoms with van der Waals surface area (Å²) in [6.45, 7) is 7.31. The van der Waals surface area contributed by atoms with E-state index < -0.39 is 0 Å². The summed E-state index contributed by atoms with van der Waals surface area (Å²) in [7, 11) is 3.48. The van der Waals surface area contributed by atoms with E-state index in [-0.39, 0.29) is 18.5 Å². The molecule has 1 fully saturated rings. The summed E-state index contributed by atoms with van der Waals surface area (Å²) >= 11 is 0. The van der Waals surface area contributed by atoms with E-state index in [1.807, 2.05) is 6.92 Å². The van der Waals surface area contributed by atoms with E-state index in [0.29, 0.717) is 5.96 Å². The number of rotatable bonds is 6. The van der Waals surface area contributed by atoms with Crippen LogP contribution >= 0.6 is 0 Å².